The highest BCUT2D eigenvalue weighted by Crippen LogP contribution is 2.40. The third kappa shape index (κ3) is 2.79. The molecule has 0 aliphatic rings. The first-order valence-corrected chi connectivity index (χ1v) is 6.70. The van der Waals surface area contributed by atoms with Crippen molar-refractivity contribution in [2.45, 2.75) is 18.2 Å². The smallest absolute Gasteiger partial charge is 0.129 e. The molecule has 0 saturated carbocycles. The average Bonchev–Trinajstić information content (AvgIpc) is 2.87. The molecule has 0 aromatic carbocycles. The molecule has 4 heteroatoms. The third-order valence-electron chi connectivity index (χ3n) is 2.77. The molecule has 0 N–H and O–H groups in total. The van der Waals surface area contributed by atoms with Gasteiger partial charge in [-0.1, -0.05) is 6.92 Å². The van der Waals surface area contributed by atoms with Crippen LogP contribution in [0.15, 0.2) is 36.0 Å². The molecule has 2 unspecified atom stereocenters. The van der Waals surface area contributed by atoms with E-state index in [1.54, 1.807) is 30.8 Å². The van der Waals surface area contributed by atoms with Crippen molar-refractivity contribution in [3.63, 3.8) is 0 Å². The van der Waals surface area contributed by atoms with Gasteiger partial charge in [0.1, 0.15) is 5.75 Å². The number of pyridine rings is 1. The summed E-state index contributed by atoms with van der Waals surface area (Å²) in [6.07, 6.45) is 3.59. The second-order valence-corrected chi connectivity index (χ2v) is 5.27. The first kappa shape index (κ1) is 12.4. The van der Waals surface area contributed by atoms with Crippen LogP contribution in [0, 0.1) is 0 Å². The average molecular weight is 268 g/mol. The molecule has 0 amide bonds. The first-order valence-electron chi connectivity index (χ1n) is 5.38. The van der Waals surface area contributed by atoms with E-state index in [9.17, 15) is 0 Å². The Hall–Kier alpha value is -1.06. The number of aromatic nitrogens is 1. The Morgan fingerprint density at radius 1 is 1.35 bits per heavy atom. The van der Waals surface area contributed by atoms with E-state index in [1.807, 2.05) is 23.6 Å². The van der Waals surface area contributed by atoms with E-state index in [-0.39, 0.29) is 11.3 Å². The van der Waals surface area contributed by atoms with Crippen molar-refractivity contribution in [1.29, 1.82) is 0 Å². The molecular weight excluding hydrogens is 254 g/mol. The maximum atomic E-state index is 6.50. The fraction of sp³-hybridized carbons (Fsp3) is 0.308. The van der Waals surface area contributed by atoms with Crippen molar-refractivity contribution in [3.8, 4) is 5.75 Å². The molecule has 0 saturated heterocycles. The van der Waals surface area contributed by atoms with Crippen LogP contribution in [-0.2, 0) is 0 Å². The Kier molecular flexibility index (Phi) is 4.02. The van der Waals surface area contributed by atoms with Gasteiger partial charge in [0.2, 0.25) is 0 Å². The largest absolute Gasteiger partial charge is 0.496 e. The summed E-state index contributed by atoms with van der Waals surface area (Å²) < 4.78 is 5.17. The molecule has 0 fully saturated rings. The first-order chi connectivity index (χ1) is 8.22. The van der Waals surface area contributed by atoms with Crippen LogP contribution in [-0.4, -0.2) is 12.1 Å². The maximum absolute atomic E-state index is 6.50. The number of thiophene rings is 1. The minimum Gasteiger partial charge on any atom is -0.496 e. The van der Waals surface area contributed by atoms with Crippen LogP contribution < -0.4 is 4.74 Å². The van der Waals surface area contributed by atoms with Crippen LogP contribution in [0.4, 0.5) is 0 Å². The fourth-order valence-electron chi connectivity index (χ4n) is 1.67. The molecule has 2 nitrogen and oxygen atoms in total. The van der Waals surface area contributed by atoms with Gasteiger partial charge in [-0.2, -0.15) is 0 Å². The Bertz CT molecular complexity index is 471. The molecule has 2 aromatic heterocycles. The van der Waals surface area contributed by atoms with Gasteiger partial charge in [-0.05, 0) is 23.8 Å². The molecule has 2 aromatic rings. The lowest BCUT2D eigenvalue weighted by atomic mass is 9.98. The summed E-state index contributed by atoms with van der Waals surface area (Å²) >= 11 is 8.13. The van der Waals surface area contributed by atoms with E-state index in [2.05, 4.69) is 11.9 Å². The molecule has 0 aliphatic heterocycles. The molecule has 0 aliphatic carbocycles. The number of hydrogen-bond donors (Lipinski definition) is 0. The summed E-state index contributed by atoms with van der Waals surface area (Å²) in [4.78, 5) is 5.15. The number of rotatable bonds is 4. The van der Waals surface area contributed by atoms with Crippen LogP contribution in [0.1, 0.15) is 28.7 Å². The topological polar surface area (TPSA) is 22.1 Å². The van der Waals surface area contributed by atoms with E-state index in [1.165, 1.54) is 5.56 Å². The fourth-order valence-corrected chi connectivity index (χ4v) is 2.97. The summed E-state index contributed by atoms with van der Waals surface area (Å²) in [5.41, 5.74) is 1.20. The molecule has 2 atom stereocenters. The molecule has 0 spiro atoms. The lowest BCUT2D eigenvalue weighted by molar-refractivity contribution is 0.416. The minimum atomic E-state index is -0.0358. The SMILES string of the molecule is COc1csc(C(Cl)C(C)c2ccncc2)c1. The Morgan fingerprint density at radius 3 is 2.65 bits per heavy atom. The zero-order valence-corrected chi connectivity index (χ0v) is 11.3. The van der Waals surface area contributed by atoms with Gasteiger partial charge >= 0.3 is 0 Å². The van der Waals surface area contributed by atoms with E-state index in [0.717, 1.165) is 10.6 Å². The van der Waals surface area contributed by atoms with E-state index in [4.69, 9.17) is 16.3 Å². The molecule has 90 valence electrons. The molecular formula is C13H14ClNOS. The highest BCUT2D eigenvalue weighted by molar-refractivity contribution is 7.10. The van der Waals surface area contributed by atoms with E-state index in [0.29, 0.717) is 0 Å². The van der Waals surface area contributed by atoms with Crippen LogP contribution in [0.5, 0.6) is 5.75 Å². The van der Waals surface area contributed by atoms with Crippen molar-refractivity contribution in [3.05, 3.63) is 46.4 Å². The van der Waals surface area contributed by atoms with Gasteiger partial charge in [-0.3, -0.25) is 4.98 Å². The standard InChI is InChI=1S/C13H14ClNOS/c1-9(10-3-5-15-6-4-10)13(14)12-7-11(16-2)8-17-12/h3-9,13H,1-2H3. The van der Waals surface area contributed by atoms with Crippen molar-refractivity contribution < 1.29 is 4.74 Å². The van der Waals surface area contributed by atoms with E-state index >= 15 is 0 Å². The second-order valence-electron chi connectivity index (χ2n) is 3.86. The number of nitrogens with zero attached hydrogens (tertiary/aromatic N) is 1. The number of ether oxygens (including phenoxy) is 1. The van der Waals surface area contributed by atoms with Gasteiger partial charge in [0.15, 0.2) is 0 Å². The number of hydrogen-bond acceptors (Lipinski definition) is 3. The van der Waals surface area contributed by atoms with Gasteiger partial charge in [-0.15, -0.1) is 22.9 Å². The summed E-state index contributed by atoms with van der Waals surface area (Å²) in [5.74, 6) is 1.13. The monoisotopic (exact) mass is 267 g/mol. The predicted molar refractivity (Wildman–Crippen MR) is 72.1 cm³/mol. The maximum Gasteiger partial charge on any atom is 0.129 e. The minimum absolute atomic E-state index is 0.0358. The summed E-state index contributed by atoms with van der Waals surface area (Å²) in [6, 6.07) is 6.01. The van der Waals surface area contributed by atoms with Gasteiger partial charge in [-0.25, -0.2) is 0 Å². The Labute approximate surface area is 110 Å². The Morgan fingerprint density at radius 2 is 2.06 bits per heavy atom. The van der Waals surface area contributed by atoms with Crippen LogP contribution in [0.25, 0.3) is 0 Å². The highest BCUT2D eigenvalue weighted by atomic mass is 35.5. The quantitative estimate of drug-likeness (QED) is 0.773. The second kappa shape index (κ2) is 5.52. The normalized spacial score (nSPS) is 14.3. The summed E-state index contributed by atoms with van der Waals surface area (Å²) in [6.45, 7) is 2.12. The van der Waals surface area contributed by atoms with Crippen molar-refractivity contribution in [1.82, 2.24) is 4.98 Å². The zero-order chi connectivity index (χ0) is 12.3. The molecule has 17 heavy (non-hydrogen) atoms. The van der Waals surface area contributed by atoms with Gasteiger partial charge in [0.25, 0.3) is 0 Å². The third-order valence-corrected chi connectivity index (χ3v) is 4.51. The van der Waals surface area contributed by atoms with Crippen molar-refractivity contribution in [2.24, 2.45) is 0 Å². The van der Waals surface area contributed by atoms with Crippen molar-refractivity contribution in [2.75, 3.05) is 7.11 Å². The number of methoxy groups -OCH3 is 1. The van der Waals surface area contributed by atoms with Crippen LogP contribution in [0.2, 0.25) is 0 Å². The van der Waals surface area contributed by atoms with Gasteiger partial charge < -0.3 is 4.74 Å². The zero-order valence-electron chi connectivity index (χ0n) is 9.76. The van der Waals surface area contributed by atoms with Crippen LogP contribution in [0.3, 0.4) is 0 Å². The number of halogens is 1. The van der Waals surface area contributed by atoms with Crippen LogP contribution >= 0.6 is 22.9 Å². The summed E-state index contributed by atoms with van der Waals surface area (Å²) in [5, 5.41) is 1.94. The Balaban J connectivity index is 2.17. The molecule has 0 radical (unpaired) electrons. The number of alkyl halides is 1. The van der Waals surface area contributed by atoms with E-state index < -0.39 is 0 Å². The summed E-state index contributed by atoms with van der Waals surface area (Å²) in [7, 11) is 1.67. The predicted octanol–water partition coefficient (Wildman–Crippen LogP) is 4.24. The molecule has 0 bridgehead atoms. The molecule has 2 rings (SSSR count). The van der Waals surface area contributed by atoms with Crippen molar-refractivity contribution >= 4 is 22.9 Å². The lowest BCUT2D eigenvalue weighted by Gasteiger charge is -2.16. The van der Waals surface area contributed by atoms with Gasteiger partial charge in [0.05, 0.1) is 12.5 Å². The van der Waals surface area contributed by atoms with Gasteiger partial charge in [0, 0.05) is 28.6 Å². The lowest BCUT2D eigenvalue weighted by Crippen LogP contribution is -2.00. The highest BCUT2D eigenvalue weighted by Gasteiger charge is 2.20. The molecule has 2 heterocycles.